The van der Waals surface area contributed by atoms with Crippen molar-refractivity contribution in [3.05, 3.63) is 41.7 Å². The molecule has 1 aromatic carbocycles. The molecule has 2 rings (SSSR count). The monoisotopic (exact) mass is 323 g/mol. The second-order valence-electron chi connectivity index (χ2n) is 5.30. The van der Waals surface area contributed by atoms with Gasteiger partial charge >= 0.3 is 0 Å². The molecule has 2 N–H and O–H groups in total. The molecule has 0 saturated heterocycles. The number of aliphatic hydroxyl groups excluding tert-OH is 1. The van der Waals surface area contributed by atoms with Crippen LogP contribution >= 0.6 is 23.3 Å². The molecule has 1 aromatic heterocycles. The highest BCUT2D eigenvalue weighted by Crippen LogP contribution is 2.31. The van der Waals surface area contributed by atoms with Crippen molar-refractivity contribution in [3.63, 3.8) is 0 Å². The largest absolute Gasteiger partial charge is 0.394 e. The average Bonchev–Trinajstić information content (AvgIpc) is 2.90. The Morgan fingerprint density at radius 2 is 2.05 bits per heavy atom. The molecule has 6 heteroatoms. The minimum absolute atomic E-state index is 0.0416. The lowest BCUT2D eigenvalue weighted by atomic mass is 9.92. The Balaban J connectivity index is 2.22. The lowest BCUT2D eigenvalue weighted by Crippen LogP contribution is -2.50. The van der Waals surface area contributed by atoms with Crippen molar-refractivity contribution in [2.24, 2.45) is 0 Å². The van der Waals surface area contributed by atoms with Gasteiger partial charge in [0.1, 0.15) is 5.82 Å². The molecule has 1 atom stereocenters. The van der Waals surface area contributed by atoms with Gasteiger partial charge in [-0.25, -0.2) is 4.98 Å². The van der Waals surface area contributed by atoms with Crippen LogP contribution in [0.1, 0.15) is 25.2 Å². The van der Waals surface area contributed by atoms with E-state index in [1.807, 2.05) is 25.1 Å². The lowest BCUT2D eigenvalue weighted by molar-refractivity contribution is 0.170. The predicted octanol–water partition coefficient (Wildman–Crippen LogP) is 2.82. The van der Waals surface area contributed by atoms with Crippen molar-refractivity contribution in [2.75, 3.05) is 12.4 Å². The van der Waals surface area contributed by atoms with E-state index in [1.54, 1.807) is 11.8 Å². The van der Waals surface area contributed by atoms with E-state index < -0.39 is 5.54 Å². The predicted molar refractivity (Wildman–Crippen MR) is 88.8 cm³/mol. The molecule has 114 valence electrons. The highest BCUT2D eigenvalue weighted by Gasteiger charge is 2.32. The average molecular weight is 323 g/mol. The van der Waals surface area contributed by atoms with Gasteiger partial charge < -0.3 is 10.4 Å². The number of rotatable bonds is 7. The van der Waals surface area contributed by atoms with E-state index in [0.29, 0.717) is 5.75 Å². The Morgan fingerprint density at radius 1 is 1.33 bits per heavy atom. The SMILES string of the molecule is Cc1nsc(SCC(CO)(NC(C)C)c2ccccc2)n1. The van der Waals surface area contributed by atoms with Gasteiger partial charge in [0.15, 0.2) is 4.34 Å². The van der Waals surface area contributed by atoms with Gasteiger partial charge in [0, 0.05) is 11.8 Å². The van der Waals surface area contributed by atoms with Crippen LogP contribution in [-0.4, -0.2) is 32.9 Å². The van der Waals surface area contributed by atoms with Crippen molar-refractivity contribution in [2.45, 2.75) is 36.7 Å². The molecule has 0 aliphatic rings. The summed E-state index contributed by atoms with van der Waals surface area (Å²) in [5.74, 6) is 1.51. The van der Waals surface area contributed by atoms with Crippen LogP contribution in [0.25, 0.3) is 0 Å². The fourth-order valence-corrected chi connectivity index (χ4v) is 4.05. The molecule has 0 bridgehead atoms. The number of thioether (sulfide) groups is 1. The molecular weight excluding hydrogens is 302 g/mol. The number of aliphatic hydroxyl groups is 1. The van der Waals surface area contributed by atoms with Crippen molar-refractivity contribution in [1.29, 1.82) is 0 Å². The lowest BCUT2D eigenvalue weighted by Gasteiger charge is -2.35. The number of nitrogens with zero attached hydrogens (tertiary/aromatic N) is 2. The molecule has 0 aliphatic carbocycles. The third-order valence-electron chi connectivity index (χ3n) is 3.11. The Bertz CT molecular complexity index is 559. The second kappa shape index (κ2) is 7.35. The maximum atomic E-state index is 10.1. The summed E-state index contributed by atoms with van der Waals surface area (Å²) in [6.07, 6.45) is 0. The van der Waals surface area contributed by atoms with Crippen LogP contribution in [0, 0.1) is 6.92 Å². The molecule has 1 unspecified atom stereocenters. The highest BCUT2D eigenvalue weighted by molar-refractivity contribution is 8.01. The molecule has 0 spiro atoms. The number of nitrogens with one attached hydrogen (secondary N) is 1. The zero-order chi connectivity index (χ0) is 15.3. The summed E-state index contributed by atoms with van der Waals surface area (Å²) in [4.78, 5) is 4.38. The molecule has 2 aromatic rings. The maximum absolute atomic E-state index is 10.1. The fraction of sp³-hybridized carbons (Fsp3) is 0.467. The number of benzene rings is 1. The van der Waals surface area contributed by atoms with Crippen LogP contribution in [0.5, 0.6) is 0 Å². The van der Waals surface area contributed by atoms with Crippen molar-refractivity contribution in [1.82, 2.24) is 14.7 Å². The van der Waals surface area contributed by atoms with Gasteiger partial charge in [0.25, 0.3) is 0 Å². The highest BCUT2D eigenvalue weighted by atomic mass is 32.2. The van der Waals surface area contributed by atoms with Crippen LogP contribution in [-0.2, 0) is 5.54 Å². The summed E-state index contributed by atoms with van der Waals surface area (Å²) in [5, 5.41) is 13.6. The Labute approximate surface area is 134 Å². The first-order valence-corrected chi connectivity index (χ1v) is 8.69. The zero-order valence-electron chi connectivity index (χ0n) is 12.5. The molecular formula is C15H21N3OS2. The summed E-state index contributed by atoms with van der Waals surface area (Å²) < 4.78 is 5.14. The zero-order valence-corrected chi connectivity index (χ0v) is 14.2. The molecule has 4 nitrogen and oxygen atoms in total. The molecule has 21 heavy (non-hydrogen) atoms. The maximum Gasteiger partial charge on any atom is 0.170 e. The van der Waals surface area contributed by atoms with Crippen molar-refractivity contribution >= 4 is 23.3 Å². The van der Waals surface area contributed by atoms with Gasteiger partial charge in [0.2, 0.25) is 0 Å². The second-order valence-corrected chi connectivity index (χ2v) is 7.28. The van der Waals surface area contributed by atoms with Gasteiger partial charge in [-0.05, 0) is 37.9 Å². The first-order valence-electron chi connectivity index (χ1n) is 6.93. The molecule has 0 radical (unpaired) electrons. The quantitative estimate of drug-likeness (QED) is 0.767. The summed E-state index contributed by atoms with van der Waals surface area (Å²) in [6, 6.07) is 10.4. The van der Waals surface area contributed by atoms with Gasteiger partial charge in [0.05, 0.1) is 12.1 Å². The first kappa shape index (κ1) is 16.4. The Morgan fingerprint density at radius 3 is 2.57 bits per heavy atom. The van der Waals surface area contributed by atoms with Crippen LogP contribution < -0.4 is 5.32 Å². The summed E-state index contributed by atoms with van der Waals surface area (Å²) >= 11 is 3.04. The van der Waals surface area contributed by atoms with E-state index in [4.69, 9.17) is 0 Å². The summed E-state index contributed by atoms with van der Waals surface area (Å²) in [6.45, 7) is 6.11. The summed E-state index contributed by atoms with van der Waals surface area (Å²) in [7, 11) is 0. The first-order chi connectivity index (χ1) is 10.1. The van der Waals surface area contributed by atoms with Gasteiger partial charge in [-0.15, -0.1) is 0 Å². The van der Waals surface area contributed by atoms with Crippen molar-refractivity contribution < 1.29 is 5.11 Å². The van der Waals surface area contributed by atoms with E-state index in [-0.39, 0.29) is 12.6 Å². The van der Waals surface area contributed by atoms with E-state index in [2.05, 4.69) is 40.7 Å². The Kier molecular flexibility index (Phi) is 5.75. The third kappa shape index (κ3) is 4.26. The molecule has 0 amide bonds. The number of aromatic nitrogens is 2. The van der Waals surface area contributed by atoms with Crippen LogP contribution in [0.2, 0.25) is 0 Å². The fourth-order valence-electron chi connectivity index (χ4n) is 2.22. The van der Waals surface area contributed by atoms with Crippen LogP contribution in [0.3, 0.4) is 0 Å². The van der Waals surface area contributed by atoms with Crippen LogP contribution in [0.4, 0.5) is 0 Å². The number of hydrogen-bond acceptors (Lipinski definition) is 6. The number of aryl methyl sites for hydroxylation is 1. The van der Waals surface area contributed by atoms with Gasteiger partial charge in [-0.3, -0.25) is 0 Å². The number of hydrogen-bond donors (Lipinski definition) is 2. The molecule has 0 saturated carbocycles. The molecule has 1 heterocycles. The van der Waals surface area contributed by atoms with Gasteiger partial charge in [-0.2, -0.15) is 4.37 Å². The Hall–Kier alpha value is -0.950. The normalized spacial score (nSPS) is 14.3. The molecule has 0 aliphatic heterocycles. The molecule has 0 fully saturated rings. The topological polar surface area (TPSA) is 58.0 Å². The van der Waals surface area contributed by atoms with E-state index in [1.165, 1.54) is 11.5 Å². The van der Waals surface area contributed by atoms with E-state index in [9.17, 15) is 5.11 Å². The summed E-state index contributed by atoms with van der Waals surface area (Å²) in [5.41, 5.74) is 0.620. The van der Waals surface area contributed by atoms with Crippen molar-refractivity contribution in [3.8, 4) is 0 Å². The van der Waals surface area contributed by atoms with Gasteiger partial charge in [-0.1, -0.05) is 42.1 Å². The third-order valence-corrected chi connectivity index (χ3v) is 5.27. The minimum Gasteiger partial charge on any atom is -0.394 e. The van der Waals surface area contributed by atoms with Crippen LogP contribution in [0.15, 0.2) is 34.7 Å². The van der Waals surface area contributed by atoms with E-state index >= 15 is 0 Å². The minimum atomic E-state index is -0.473. The van der Waals surface area contributed by atoms with E-state index in [0.717, 1.165) is 15.7 Å². The smallest absolute Gasteiger partial charge is 0.170 e. The standard InChI is InChI=1S/C15H21N3OS2/c1-11(2)17-15(9-19,13-7-5-4-6-8-13)10-20-14-16-12(3)18-21-14/h4-8,11,17,19H,9-10H2,1-3H3.